The monoisotopic (exact) mass is 424 g/mol. The molecule has 168 valence electrons. The van der Waals surface area contributed by atoms with Crippen molar-refractivity contribution in [3.8, 4) is 11.1 Å². The van der Waals surface area contributed by atoms with Crippen molar-refractivity contribution in [2.24, 2.45) is 0 Å². The molecule has 32 heavy (non-hydrogen) atoms. The Bertz CT molecular complexity index is 975. The molecular weight excluding hydrogens is 384 g/mol. The van der Waals surface area contributed by atoms with Gasteiger partial charge in [-0.15, -0.1) is 0 Å². The topological polar surface area (TPSA) is 0 Å². The van der Waals surface area contributed by atoms with Crippen LogP contribution in [-0.2, 0) is 0 Å². The minimum absolute atomic E-state index is 1.01. The molecule has 0 nitrogen and oxygen atoms in total. The van der Waals surface area contributed by atoms with Crippen molar-refractivity contribution in [1.29, 1.82) is 0 Å². The van der Waals surface area contributed by atoms with E-state index in [1.807, 2.05) is 65.0 Å². The van der Waals surface area contributed by atoms with Crippen LogP contribution >= 0.6 is 0 Å². The second-order valence-corrected chi connectivity index (χ2v) is 6.38. The Balaban J connectivity index is 0.00000227. The van der Waals surface area contributed by atoms with Crippen molar-refractivity contribution in [2.45, 2.75) is 41.5 Å². The Labute approximate surface area is 197 Å². The van der Waals surface area contributed by atoms with Gasteiger partial charge in [0.05, 0.1) is 0 Å². The molecule has 0 aliphatic heterocycles. The molecule has 0 aromatic heterocycles. The largest absolute Gasteiger partial charge is 0.0990 e. The summed E-state index contributed by atoms with van der Waals surface area (Å²) in [6, 6.07) is 16.9. The van der Waals surface area contributed by atoms with Gasteiger partial charge in [-0.25, -0.2) is 0 Å². The molecule has 0 fully saturated rings. The fourth-order valence-corrected chi connectivity index (χ4v) is 3.17. The van der Waals surface area contributed by atoms with Crippen LogP contribution in [0.25, 0.3) is 17.2 Å². The van der Waals surface area contributed by atoms with Gasteiger partial charge in [-0.05, 0) is 58.9 Å². The lowest BCUT2D eigenvalue weighted by Crippen LogP contribution is -1.93. The van der Waals surface area contributed by atoms with Gasteiger partial charge in [0.1, 0.15) is 0 Å². The zero-order valence-electron chi connectivity index (χ0n) is 20.9. The van der Waals surface area contributed by atoms with Crippen LogP contribution in [0.3, 0.4) is 0 Å². The molecule has 0 saturated heterocycles. The predicted octanol–water partition coefficient (Wildman–Crippen LogP) is 10.1. The van der Waals surface area contributed by atoms with E-state index in [-0.39, 0.29) is 0 Å². The van der Waals surface area contributed by atoms with E-state index in [2.05, 4.69) is 87.3 Å². The van der Waals surface area contributed by atoms with Crippen LogP contribution < -0.4 is 0 Å². The maximum Gasteiger partial charge on any atom is -0.0106 e. The van der Waals surface area contributed by atoms with Gasteiger partial charge in [0, 0.05) is 0 Å². The first-order valence-electron chi connectivity index (χ1n) is 11.4. The fraction of sp³-hybridized carbons (Fsp3) is 0.188. The van der Waals surface area contributed by atoms with E-state index in [1.165, 1.54) is 16.7 Å². The van der Waals surface area contributed by atoms with Gasteiger partial charge in [0.15, 0.2) is 0 Å². The molecule has 0 saturated carbocycles. The standard InChI is InChI=1S/C28H28.2C2H6/c1-6-14-23(9-4)28(24(15-7-2)16-8-3)21-25-18-11-13-20-27(25)26-19-12-10-17-22(26)5;2*1-2/h6-21H,1-2,4H2,3,5H3;2*1-2H3/b16-8-,23-14+,24-15+,28-21-;;. The maximum atomic E-state index is 4.01. The molecule has 0 N–H and O–H groups in total. The summed E-state index contributed by atoms with van der Waals surface area (Å²) in [6.07, 6.45) is 15.8. The molecule has 0 atom stereocenters. The van der Waals surface area contributed by atoms with Crippen molar-refractivity contribution in [3.63, 3.8) is 0 Å². The van der Waals surface area contributed by atoms with Crippen molar-refractivity contribution >= 4 is 6.08 Å². The summed E-state index contributed by atoms with van der Waals surface area (Å²) in [6.45, 7) is 23.9. The summed E-state index contributed by atoms with van der Waals surface area (Å²) >= 11 is 0. The van der Waals surface area contributed by atoms with Crippen molar-refractivity contribution in [1.82, 2.24) is 0 Å². The summed E-state index contributed by atoms with van der Waals surface area (Å²) in [5.41, 5.74) is 8.02. The summed E-state index contributed by atoms with van der Waals surface area (Å²) in [4.78, 5) is 0. The third kappa shape index (κ3) is 8.40. The van der Waals surface area contributed by atoms with E-state index in [0.717, 1.165) is 22.3 Å². The number of hydrogen-bond donors (Lipinski definition) is 0. The molecule has 0 radical (unpaired) electrons. The van der Waals surface area contributed by atoms with E-state index in [0.29, 0.717) is 0 Å². The molecule has 2 rings (SSSR count). The van der Waals surface area contributed by atoms with Crippen LogP contribution in [-0.4, -0.2) is 0 Å². The highest BCUT2D eigenvalue weighted by Gasteiger charge is 2.10. The Kier molecular flexibility index (Phi) is 15.5. The van der Waals surface area contributed by atoms with Crippen LogP contribution in [0.2, 0.25) is 0 Å². The van der Waals surface area contributed by atoms with E-state index >= 15 is 0 Å². The van der Waals surface area contributed by atoms with Gasteiger partial charge in [-0.3, -0.25) is 0 Å². The molecule has 0 heterocycles. The van der Waals surface area contributed by atoms with Crippen molar-refractivity contribution < 1.29 is 0 Å². The van der Waals surface area contributed by atoms with E-state index < -0.39 is 0 Å². The summed E-state index contributed by atoms with van der Waals surface area (Å²) in [5, 5.41) is 0. The molecule has 0 spiro atoms. The molecule has 0 heteroatoms. The van der Waals surface area contributed by atoms with Gasteiger partial charge in [0.25, 0.3) is 0 Å². The van der Waals surface area contributed by atoms with E-state index in [9.17, 15) is 0 Å². The predicted molar refractivity (Wildman–Crippen MR) is 149 cm³/mol. The van der Waals surface area contributed by atoms with Crippen LogP contribution in [0, 0.1) is 6.92 Å². The lowest BCUT2D eigenvalue weighted by atomic mass is 9.90. The Morgan fingerprint density at radius 2 is 1.25 bits per heavy atom. The minimum atomic E-state index is 1.01. The van der Waals surface area contributed by atoms with E-state index in [1.54, 1.807) is 6.08 Å². The highest BCUT2D eigenvalue weighted by molar-refractivity contribution is 5.81. The van der Waals surface area contributed by atoms with Gasteiger partial charge in [0.2, 0.25) is 0 Å². The highest BCUT2D eigenvalue weighted by Crippen LogP contribution is 2.31. The highest BCUT2D eigenvalue weighted by atomic mass is 14.1. The first-order valence-corrected chi connectivity index (χ1v) is 11.4. The molecule has 0 aliphatic rings. The number of allylic oxidation sites excluding steroid dienone is 10. The number of aryl methyl sites for hydroxylation is 1. The molecule has 2 aromatic carbocycles. The van der Waals surface area contributed by atoms with Gasteiger partial charge < -0.3 is 0 Å². The van der Waals surface area contributed by atoms with Crippen LogP contribution in [0.1, 0.15) is 45.7 Å². The van der Waals surface area contributed by atoms with Crippen LogP contribution in [0.5, 0.6) is 0 Å². The SMILES string of the molecule is C=C/C=C(C=C)/C(=C/c1ccccc1-c1ccccc1C)C(/C=C\C)=C/C=C.CC.CC. The Morgan fingerprint density at radius 1 is 0.719 bits per heavy atom. The van der Waals surface area contributed by atoms with E-state index in [4.69, 9.17) is 0 Å². The van der Waals surface area contributed by atoms with Crippen LogP contribution in [0.4, 0.5) is 0 Å². The third-order valence-corrected chi connectivity index (χ3v) is 4.48. The zero-order chi connectivity index (χ0) is 24.4. The quantitative estimate of drug-likeness (QED) is 0.370. The fourth-order valence-electron chi connectivity index (χ4n) is 3.17. The number of hydrogen-bond acceptors (Lipinski definition) is 0. The Hall–Kier alpha value is -3.38. The van der Waals surface area contributed by atoms with Gasteiger partial charge >= 0.3 is 0 Å². The van der Waals surface area contributed by atoms with Gasteiger partial charge in [-0.2, -0.15) is 0 Å². The van der Waals surface area contributed by atoms with Gasteiger partial charge in [-0.1, -0.05) is 138 Å². The maximum absolute atomic E-state index is 4.01. The number of benzene rings is 2. The average molecular weight is 425 g/mol. The lowest BCUT2D eigenvalue weighted by Gasteiger charge is -2.14. The lowest BCUT2D eigenvalue weighted by molar-refractivity contribution is 1.44. The van der Waals surface area contributed by atoms with Crippen LogP contribution in [0.15, 0.2) is 128 Å². The third-order valence-electron chi connectivity index (χ3n) is 4.48. The minimum Gasteiger partial charge on any atom is -0.0990 e. The van der Waals surface area contributed by atoms with Crippen molar-refractivity contribution in [2.75, 3.05) is 0 Å². The smallest absolute Gasteiger partial charge is 0.0106 e. The average Bonchev–Trinajstić information content (AvgIpc) is 2.84. The molecule has 0 aliphatic carbocycles. The summed E-state index contributed by atoms with van der Waals surface area (Å²) in [5.74, 6) is 0. The summed E-state index contributed by atoms with van der Waals surface area (Å²) in [7, 11) is 0. The first-order chi connectivity index (χ1) is 15.7. The second-order valence-electron chi connectivity index (χ2n) is 6.38. The second kappa shape index (κ2) is 17.3. The molecule has 2 aromatic rings. The zero-order valence-corrected chi connectivity index (χ0v) is 20.9. The Morgan fingerprint density at radius 3 is 1.78 bits per heavy atom. The molecule has 0 amide bonds. The van der Waals surface area contributed by atoms with Crippen molar-refractivity contribution in [3.05, 3.63) is 139 Å². The molecule has 0 unspecified atom stereocenters. The molecule has 0 bridgehead atoms. The normalized spacial score (nSPS) is 11.6. The molecular formula is C32H40. The summed E-state index contributed by atoms with van der Waals surface area (Å²) < 4.78 is 0. The first kappa shape index (κ1) is 28.6. The number of rotatable bonds is 8.